The van der Waals surface area contributed by atoms with E-state index < -0.39 is 0 Å². The smallest absolute Gasteiger partial charge is 0.0582 e. The standard InChI is InChI=1S/C11H14N2O/c1-11(7-14-8-11)10-4-2-9(3-5-10)6-13-12/h2-6H,7-8,12H2,1H3. The summed E-state index contributed by atoms with van der Waals surface area (Å²) < 4.78 is 5.22. The van der Waals surface area contributed by atoms with Crippen LogP contribution in [0.1, 0.15) is 18.1 Å². The summed E-state index contributed by atoms with van der Waals surface area (Å²) in [6, 6.07) is 8.27. The molecule has 0 amide bonds. The van der Waals surface area contributed by atoms with E-state index in [1.165, 1.54) is 5.56 Å². The van der Waals surface area contributed by atoms with Gasteiger partial charge in [-0.3, -0.25) is 0 Å². The second-order valence-corrected chi connectivity index (χ2v) is 3.95. The number of ether oxygens (including phenoxy) is 1. The van der Waals surface area contributed by atoms with Crippen LogP contribution in [-0.4, -0.2) is 19.4 Å². The summed E-state index contributed by atoms with van der Waals surface area (Å²) in [5, 5.41) is 3.48. The predicted octanol–water partition coefficient (Wildman–Crippen LogP) is 1.27. The molecule has 1 fully saturated rings. The van der Waals surface area contributed by atoms with Gasteiger partial charge in [0.1, 0.15) is 0 Å². The van der Waals surface area contributed by atoms with Crippen molar-refractivity contribution in [3.63, 3.8) is 0 Å². The van der Waals surface area contributed by atoms with Gasteiger partial charge in [-0.2, -0.15) is 5.10 Å². The van der Waals surface area contributed by atoms with Gasteiger partial charge in [0.2, 0.25) is 0 Å². The van der Waals surface area contributed by atoms with E-state index in [0.29, 0.717) is 0 Å². The molecule has 0 radical (unpaired) electrons. The van der Waals surface area contributed by atoms with Crippen molar-refractivity contribution in [1.82, 2.24) is 0 Å². The minimum absolute atomic E-state index is 0.207. The first kappa shape index (κ1) is 9.21. The maximum atomic E-state index is 5.22. The molecular weight excluding hydrogens is 176 g/mol. The summed E-state index contributed by atoms with van der Waals surface area (Å²) in [6.45, 7) is 3.84. The molecule has 1 aromatic carbocycles. The lowest BCUT2D eigenvalue weighted by molar-refractivity contribution is -0.0500. The Bertz CT molecular complexity index is 339. The maximum absolute atomic E-state index is 5.22. The quantitative estimate of drug-likeness (QED) is 0.433. The zero-order valence-electron chi connectivity index (χ0n) is 8.23. The van der Waals surface area contributed by atoms with Crippen LogP contribution in [0.25, 0.3) is 0 Å². The third-order valence-electron chi connectivity index (χ3n) is 2.67. The third-order valence-corrected chi connectivity index (χ3v) is 2.67. The molecule has 0 atom stereocenters. The van der Waals surface area contributed by atoms with E-state index in [4.69, 9.17) is 10.6 Å². The molecule has 1 aromatic rings. The van der Waals surface area contributed by atoms with Gasteiger partial charge in [-0.25, -0.2) is 0 Å². The van der Waals surface area contributed by atoms with Crippen molar-refractivity contribution >= 4 is 6.21 Å². The zero-order valence-corrected chi connectivity index (χ0v) is 8.23. The Morgan fingerprint density at radius 3 is 2.43 bits per heavy atom. The number of benzene rings is 1. The van der Waals surface area contributed by atoms with Gasteiger partial charge < -0.3 is 10.6 Å². The first-order valence-corrected chi connectivity index (χ1v) is 4.66. The molecule has 1 aliphatic heterocycles. The van der Waals surface area contributed by atoms with Crippen LogP contribution >= 0.6 is 0 Å². The van der Waals surface area contributed by atoms with E-state index in [1.807, 2.05) is 12.1 Å². The van der Waals surface area contributed by atoms with Crippen LogP contribution in [0.15, 0.2) is 29.4 Å². The minimum atomic E-state index is 0.207. The molecule has 74 valence electrons. The van der Waals surface area contributed by atoms with Gasteiger partial charge in [-0.15, -0.1) is 0 Å². The van der Waals surface area contributed by atoms with E-state index in [9.17, 15) is 0 Å². The van der Waals surface area contributed by atoms with Crippen molar-refractivity contribution in [1.29, 1.82) is 0 Å². The fourth-order valence-corrected chi connectivity index (χ4v) is 1.63. The molecule has 1 heterocycles. The molecule has 1 saturated heterocycles. The molecule has 0 saturated carbocycles. The molecule has 1 aliphatic rings. The molecule has 3 nitrogen and oxygen atoms in total. The molecule has 0 bridgehead atoms. The van der Waals surface area contributed by atoms with Crippen LogP contribution in [0.2, 0.25) is 0 Å². The van der Waals surface area contributed by atoms with E-state index in [-0.39, 0.29) is 5.41 Å². The normalized spacial score (nSPS) is 19.5. The average Bonchev–Trinajstić information content (AvgIpc) is 2.16. The summed E-state index contributed by atoms with van der Waals surface area (Å²) in [7, 11) is 0. The second-order valence-electron chi connectivity index (χ2n) is 3.95. The van der Waals surface area contributed by atoms with Gasteiger partial charge in [0.05, 0.1) is 19.4 Å². The fourth-order valence-electron chi connectivity index (χ4n) is 1.63. The largest absolute Gasteiger partial charge is 0.379 e. The molecule has 0 aliphatic carbocycles. The predicted molar refractivity (Wildman–Crippen MR) is 56.4 cm³/mol. The Morgan fingerprint density at radius 2 is 2.00 bits per heavy atom. The van der Waals surface area contributed by atoms with E-state index in [2.05, 4.69) is 24.2 Å². The lowest BCUT2D eigenvalue weighted by Gasteiger charge is -2.38. The van der Waals surface area contributed by atoms with Gasteiger partial charge in [0.15, 0.2) is 0 Å². The Morgan fingerprint density at radius 1 is 1.36 bits per heavy atom. The van der Waals surface area contributed by atoms with Gasteiger partial charge in [-0.1, -0.05) is 31.2 Å². The molecule has 2 rings (SSSR count). The minimum Gasteiger partial charge on any atom is -0.379 e. The van der Waals surface area contributed by atoms with E-state index in [0.717, 1.165) is 18.8 Å². The molecule has 0 unspecified atom stereocenters. The Balaban J connectivity index is 2.21. The fraction of sp³-hybridized carbons (Fsp3) is 0.364. The van der Waals surface area contributed by atoms with Crippen molar-refractivity contribution in [3.8, 4) is 0 Å². The topological polar surface area (TPSA) is 47.6 Å². The zero-order chi connectivity index (χ0) is 10.0. The summed E-state index contributed by atoms with van der Waals surface area (Å²) in [5.74, 6) is 5.07. The summed E-state index contributed by atoms with van der Waals surface area (Å²) in [5.41, 5.74) is 2.55. The molecule has 0 spiro atoms. The molecular formula is C11H14N2O. The van der Waals surface area contributed by atoms with E-state index in [1.54, 1.807) is 6.21 Å². The van der Waals surface area contributed by atoms with Gasteiger partial charge in [-0.05, 0) is 11.1 Å². The van der Waals surface area contributed by atoms with Crippen molar-refractivity contribution in [2.24, 2.45) is 10.9 Å². The summed E-state index contributed by atoms with van der Waals surface area (Å²) >= 11 is 0. The number of hydrogen-bond donors (Lipinski definition) is 1. The maximum Gasteiger partial charge on any atom is 0.0582 e. The highest BCUT2D eigenvalue weighted by atomic mass is 16.5. The highest BCUT2D eigenvalue weighted by Gasteiger charge is 2.34. The molecule has 0 aromatic heterocycles. The van der Waals surface area contributed by atoms with Crippen LogP contribution in [-0.2, 0) is 10.2 Å². The van der Waals surface area contributed by atoms with Crippen LogP contribution < -0.4 is 5.84 Å². The molecule has 2 N–H and O–H groups in total. The van der Waals surface area contributed by atoms with Gasteiger partial charge in [0.25, 0.3) is 0 Å². The monoisotopic (exact) mass is 190 g/mol. The van der Waals surface area contributed by atoms with Gasteiger partial charge in [0, 0.05) is 5.41 Å². The van der Waals surface area contributed by atoms with Crippen LogP contribution in [0, 0.1) is 0 Å². The van der Waals surface area contributed by atoms with Crippen LogP contribution in [0.3, 0.4) is 0 Å². The number of hydrogen-bond acceptors (Lipinski definition) is 3. The van der Waals surface area contributed by atoms with Gasteiger partial charge >= 0.3 is 0 Å². The first-order valence-electron chi connectivity index (χ1n) is 4.66. The first-order chi connectivity index (χ1) is 6.74. The molecule has 14 heavy (non-hydrogen) atoms. The lowest BCUT2D eigenvalue weighted by Crippen LogP contribution is -2.43. The Hall–Kier alpha value is -1.35. The van der Waals surface area contributed by atoms with Crippen molar-refractivity contribution < 1.29 is 4.74 Å². The van der Waals surface area contributed by atoms with Crippen LogP contribution in [0.5, 0.6) is 0 Å². The highest BCUT2D eigenvalue weighted by Crippen LogP contribution is 2.31. The SMILES string of the molecule is CC1(c2ccc(C=NN)cc2)COC1. The lowest BCUT2D eigenvalue weighted by atomic mass is 9.81. The van der Waals surface area contributed by atoms with Crippen molar-refractivity contribution in [2.45, 2.75) is 12.3 Å². The number of nitrogens with zero attached hydrogens (tertiary/aromatic N) is 1. The second kappa shape index (κ2) is 3.42. The van der Waals surface area contributed by atoms with Crippen molar-refractivity contribution in [3.05, 3.63) is 35.4 Å². The van der Waals surface area contributed by atoms with Crippen LogP contribution in [0.4, 0.5) is 0 Å². The number of nitrogens with two attached hydrogens (primary N) is 1. The summed E-state index contributed by atoms with van der Waals surface area (Å²) in [6.07, 6.45) is 1.64. The molecule has 3 heteroatoms. The number of rotatable bonds is 2. The Labute approximate surface area is 83.6 Å². The van der Waals surface area contributed by atoms with E-state index >= 15 is 0 Å². The highest BCUT2D eigenvalue weighted by molar-refractivity contribution is 5.79. The summed E-state index contributed by atoms with van der Waals surface area (Å²) in [4.78, 5) is 0. The van der Waals surface area contributed by atoms with Crippen molar-refractivity contribution in [2.75, 3.05) is 13.2 Å². The Kier molecular flexibility index (Phi) is 2.25. The third kappa shape index (κ3) is 1.51. The number of hydrazone groups is 1. The average molecular weight is 190 g/mol.